The van der Waals surface area contributed by atoms with Gasteiger partial charge in [-0.3, -0.25) is 9.59 Å². The maximum atomic E-state index is 12.2. The van der Waals surface area contributed by atoms with Crippen LogP contribution in [0.2, 0.25) is 0 Å². The van der Waals surface area contributed by atoms with Crippen LogP contribution >= 0.6 is 0 Å². The summed E-state index contributed by atoms with van der Waals surface area (Å²) in [6, 6.07) is 0. The van der Waals surface area contributed by atoms with Gasteiger partial charge in [-0.15, -0.1) is 0 Å². The number of carboxylic acids is 1. The van der Waals surface area contributed by atoms with Gasteiger partial charge in [-0.25, -0.2) is 0 Å². The lowest BCUT2D eigenvalue weighted by Gasteiger charge is -2.59. The number of Topliss-reactive ketones (excluding diaryl/α,β-unsaturated/α-hetero) is 1. The van der Waals surface area contributed by atoms with Gasteiger partial charge in [0.2, 0.25) is 0 Å². The first kappa shape index (κ1) is 24.9. The number of allylic oxidation sites excluding steroid dienone is 1. The summed E-state index contributed by atoms with van der Waals surface area (Å²) < 4.78 is 0. The number of carbonyl (C=O) groups excluding carboxylic acids is 1. The maximum absolute atomic E-state index is 12.2. The molecule has 0 bridgehead atoms. The highest BCUT2D eigenvalue weighted by molar-refractivity contribution is 5.80. The molecule has 0 heterocycles. The van der Waals surface area contributed by atoms with Crippen molar-refractivity contribution in [1.29, 1.82) is 0 Å². The van der Waals surface area contributed by atoms with Gasteiger partial charge in [0.05, 0.1) is 12.0 Å². The molecule has 2 N–H and O–H groups in total. The van der Waals surface area contributed by atoms with E-state index in [1.54, 1.807) is 0 Å². The van der Waals surface area contributed by atoms with E-state index in [1.807, 2.05) is 13.8 Å². The van der Waals surface area contributed by atoms with E-state index in [-0.39, 0.29) is 17.8 Å². The van der Waals surface area contributed by atoms with Crippen molar-refractivity contribution in [2.24, 2.45) is 46.3 Å². The third-order valence-electron chi connectivity index (χ3n) is 11.0. The predicted octanol–water partition coefficient (Wildman–Crippen LogP) is 6.41. The average Bonchev–Trinajstić information content (AvgIpc) is 3.09. The van der Waals surface area contributed by atoms with Crippen LogP contribution < -0.4 is 0 Å². The summed E-state index contributed by atoms with van der Waals surface area (Å²) in [5.74, 6) is 3.08. The molecule has 0 spiro atoms. The lowest BCUT2D eigenvalue weighted by atomic mass is 9.46. The monoisotopic (exact) mass is 458 g/mol. The van der Waals surface area contributed by atoms with Gasteiger partial charge in [-0.05, 0) is 98.2 Å². The molecule has 186 valence electrons. The molecule has 0 aliphatic heterocycles. The number of hydrogen-bond acceptors (Lipinski definition) is 3. The Morgan fingerprint density at radius 1 is 1.06 bits per heavy atom. The zero-order valence-electron chi connectivity index (χ0n) is 21.5. The average molecular weight is 459 g/mol. The van der Waals surface area contributed by atoms with Crippen LogP contribution in [0.15, 0.2) is 11.6 Å². The highest BCUT2D eigenvalue weighted by Crippen LogP contribution is 2.67. The molecule has 8 atom stereocenters. The lowest BCUT2D eigenvalue weighted by molar-refractivity contribution is -0.145. The summed E-state index contributed by atoms with van der Waals surface area (Å²) in [5.41, 5.74) is 0.746. The number of carbonyl (C=O) groups is 2. The molecule has 33 heavy (non-hydrogen) atoms. The molecule has 4 aliphatic carbocycles. The fourth-order valence-electron chi connectivity index (χ4n) is 8.98. The molecule has 0 aromatic heterocycles. The summed E-state index contributed by atoms with van der Waals surface area (Å²) >= 11 is 0. The molecule has 0 aromatic rings. The lowest BCUT2D eigenvalue weighted by Crippen LogP contribution is -2.52. The van der Waals surface area contributed by atoms with Crippen LogP contribution in [0.1, 0.15) is 105 Å². The van der Waals surface area contributed by atoms with Crippen LogP contribution in [0.25, 0.3) is 0 Å². The van der Waals surface area contributed by atoms with Crippen molar-refractivity contribution in [3.63, 3.8) is 0 Å². The molecule has 0 unspecified atom stereocenters. The molecule has 0 aromatic carbocycles. The quantitative estimate of drug-likeness (QED) is 0.432. The Morgan fingerprint density at radius 3 is 2.45 bits per heavy atom. The standard InChI is InChI=1S/C29H46O4/c1-18(2)25(30)11-6-19(3)22-9-10-23-21-8-7-20-16-29(33,17-26(31)32)15-14-27(20,4)24(21)12-13-28(22,23)5/h7,18-19,21-24,33H,6,8-17H2,1-5H3,(H,31,32)/t19-,21+,22-,23+,24+,27+,28-,29-/m1/s1. The number of rotatable bonds is 7. The molecule has 0 saturated heterocycles. The van der Waals surface area contributed by atoms with E-state index in [0.717, 1.165) is 31.6 Å². The van der Waals surface area contributed by atoms with Crippen molar-refractivity contribution in [1.82, 2.24) is 0 Å². The summed E-state index contributed by atoms with van der Waals surface area (Å²) in [6.45, 7) is 11.4. The number of hydrogen-bond donors (Lipinski definition) is 2. The molecule has 4 heteroatoms. The van der Waals surface area contributed by atoms with Crippen molar-refractivity contribution in [3.8, 4) is 0 Å². The largest absolute Gasteiger partial charge is 0.481 e. The van der Waals surface area contributed by atoms with Crippen LogP contribution in [0.4, 0.5) is 0 Å². The Bertz CT molecular complexity index is 814. The molecule has 4 rings (SSSR count). The second-order valence-corrected chi connectivity index (χ2v) is 13.1. The zero-order chi connectivity index (χ0) is 24.2. The van der Waals surface area contributed by atoms with Crippen LogP contribution in [-0.2, 0) is 9.59 Å². The van der Waals surface area contributed by atoms with Gasteiger partial charge >= 0.3 is 5.97 Å². The fraction of sp³-hybridized carbons (Fsp3) is 0.862. The van der Waals surface area contributed by atoms with Crippen LogP contribution in [0.5, 0.6) is 0 Å². The fourth-order valence-corrected chi connectivity index (χ4v) is 8.98. The van der Waals surface area contributed by atoms with Gasteiger partial charge in [0.15, 0.2) is 0 Å². The van der Waals surface area contributed by atoms with E-state index in [0.29, 0.717) is 47.7 Å². The number of aliphatic hydroxyl groups is 1. The van der Waals surface area contributed by atoms with E-state index in [9.17, 15) is 19.8 Å². The van der Waals surface area contributed by atoms with Crippen molar-refractivity contribution in [2.75, 3.05) is 0 Å². The van der Waals surface area contributed by atoms with Crippen molar-refractivity contribution in [3.05, 3.63) is 11.6 Å². The third-order valence-corrected chi connectivity index (χ3v) is 11.0. The zero-order valence-corrected chi connectivity index (χ0v) is 21.5. The topological polar surface area (TPSA) is 74.6 Å². The molecular formula is C29H46O4. The van der Waals surface area contributed by atoms with Gasteiger partial charge < -0.3 is 10.2 Å². The Hall–Kier alpha value is -1.16. The molecule has 4 nitrogen and oxygen atoms in total. The van der Waals surface area contributed by atoms with E-state index in [2.05, 4.69) is 26.8 Å². The maximum Gasteiger partial charge on any atom is 0.306 e. The van der Waals surface area contributed by atoms with Crippen molar-refractivity contribution < 1.29 is 19.8 Å². The predicted molar refractivity (Wildman–Crippen MR) is 131 cm³/mol. The number of aliphatic carboxylic acids is 1. The van der Waals surface area contributed by atoms with E-state index in [4.69, 9.17) is 0 Å². The highest BCUT2D eigenvalue weighted by atomic mass is 16.4. The molecule has 4 aliphatic rings. The van der Waals surface area contributed by atoms with Crippen LogP contribution in [0.3, 0.4) is 0 Å². The van der Waals surface area contributed by atoms with Gasteiger partial charge in [-0.2, -0.15) is 0 Å². The normalized spacial score (nSPS) is 43.3. The molecule has 3 fully saturated rings. The number of ketones is 1. The molecule has 0 amide bonds. The number of carboxylic acid groups (broad SMARTS) is 1. The minimum absolute atomic E-state index is 0.113. The first-order chi connectivity index (χ1) is 15.4. The smallest absolute Gasteiger partial charge is 0.306 e. The van der Waals surface area contributed by atoms with Gasteiger partial charge in [-0.1, -0.05) is 46.3 Å². The second-order valence-electron chi connectivity index (χ2n) is 13.1. The summed E-state index contributed by atoms with van der Waals surface area (Å²) in [5, 5.41) is 20.2. The summed E-state index contributed by atoms with van der Waals surface area (Å²) in [6.07, 6.45) is 12.3. The molecule has 0 radical (unpaired) electrons. The number of fused-ring (bicyclic) bond motifs is 5. The first-order valence-electron chi connectivity index (χ1n) is 13.6. The summed E-state index contributed by atoms with van der Waals surface area (Å²) in [7, 11) is 0. The van der Waals surface area contributed by atoms with E-state index >= 15 is 0 Å². The Balaban J connectivity index is 1.49. The minimum atomic E-state index is -1.07. The third kappa shape index (κ3) is 4.34. The van der Waals surface area contributed by atoms with E-state index in [1.165, 1.54) is 31.3 Å². The SMILES string of the molecule is CC(C)C(=O)CC[C@@H](C)[C@H]1CC[C@H]2[C@@H]3CC=C4C[C@@](O)(CC(=O)O)CC[C@]4(C)[C@H]3CC[C@]12C. The molecular weight excluding hydrogens is 412 g/mol. The minimum Gasteiger partial charge on any atom is -0.481 e. The second kappa shape index (κ2) is 8.81. The van der Waals surface area contributed by atoms with Crippen molar-refractivity contribution >= 4 is 11.8 Å². The van der Waals surface area contributed by atoms with Gasteiger partial charge in [0, 0.05) is 12.3 Å². The van der Waals surface area contributed by atoms with Gasteiger partial charge in [0.1, 0.15) is 5.78 Å². The Labute approximate surface area is 200 Å². The van der Waals surface area contributed by atoms with Crippen molar-refractivity contribution in [2.45, 2.75) is 111 Å². The highest BCUT2D eigenvalue weighted by Gasteiger charge is 2.60. The van der Waals surface area contributed by atoms with Crippen LogP contribution in [0, 0.1) is 46.3 Å². The Morgan fingerprint density at radius 2 is 1.79 bits per heavy atom. The summed E-state index contributed by atoms with van der Waals surface area (Å²) in [4.78, 5) is 23.5. The first-order valence-corrected chi connectivity index (χ1v) is 13.6. The van der Waals surface area contributed by atoms with Crippen LogP contribution in [-0.4, -0.2) is 27.6 Å². The Kier molecular flexibility index (Phi) is 6.66. The molecule has 3 saturated carbocycles. The van der Waals surface area contributed by atoms with E-state index < -0.39 is 11.6 Å². The van der Waals surface area contributed by atoms with Gasteiger partial charge in [0.25, 0.3) is 0 Å².